The predicted molar refractivity (Wildman–Crippen MR) is 113 cm³/mol. The summed E-state index contributed by atoms with van der Waals surface area (Å²) in [6.07, 6.45) is 6.61. The maximum atomic E-state index is 13.0. The first kappa shape index (κ1) is 19.6. The highest BCUT2D eigenvalue weighted by atomic mass is 16.3. The Hall–Kier alpha value is -2.76. The number of carbonyl (C=O) groups is 2. The van der Waals surface area contributed by atoms with Gasteiger partial charge in [-0.1, -0.05) is 12.8 Å². The van der Waals surface area contributed by atoms with Gasteiger partial charge in [0.2, 0.25) is 5.91 Å². The van der Waals surface area contributed by atoms with Crippen molar-refractivity contribution in [3.8, 4) is 0 Å². The van der Waals surface area contributed by atoms with E-state index in [9.17, 15) is 9.59 Å². The fourth-order valence-corrected chi connectivity index (χ4v) is 3.81. The molecule has 1 aliphatic heterocycles. The van der Waals surface area contributed by atoms with E-state index in [0.717, 1.165) is 61.7 Å². The highest BCUT2D eigenvalue weighted by molar-refractivity contribution is 6.01. The van der Waals surface area contributed by atoms with Crippen LogP contribution in [0.15, 0.2) is 34.7 Å². The molecule has 1 aromatic carbocycles. The van der Waals surface area contributed by atoms with E-state index in [0.29, 0.717) is 12.1 Å². The van der Waals surface area contributed by atoms with Gasteiger partial charge in [-0.15, -0.1) is 0 Å². The van der Waals surface area contributed by atoms with Crippen LogP contribution >= 0.6 is 0 Å². The highest BCUT2D eigenvalue weighted by Crippen LogP contribution is 2.32. The maximum Gasteiger partial charge on any atom is 0.253 e. The van der Waals surface area contributed by atoms with E-state index in [2.05, 4.69) is 15.5 Å². The summed E-state index contributed by atoms with van der Waals surface area (Å²) >= 11 is 0. The first-order chi connectivity index (χ1) is 14.1. The molecule has 6 nitrogen and oxygen atoms in total. The van der Waals surface area contributed by atoms with Crippen LogP contribution in [0.3, 0.4) is 0 Å². The molecule has 0 unspecified atom stereocenters. The maximum absolute atomic E-state index is 13.0. The van der Waals surface area contributed by atoms with Gasteiger partial charge >= 0.3 is 0 Å². The van der Waals surface area contributed by atoms with Gasteiger partial charge in [0.25, 0.3) is 5.91 Å². The van der Waals surface area contributed by atoms with Crippen molar-refractivity contribution in [3.63, 3.8) is 0 Å². The Morgan fingerprint density at radius 2 is 1.83 bits per heavy atom. The molecule has 29 heavy (non-hydrogen) atoms. The van der Waals surface area contributed by atoms with Gasteiger partial charge in [-0.3, -0.25) is 9.59 Å². The van der Waals surface area contributed by atoms with E-state index in [1.807, 2.05) is 37.3 Å². The van der Waals surface area contributed by atoms with Crippen molar-refractivity contribution in [1.29, 1.82) is 0 Å². The molecule has 0 radical (unpaired) electrons. The summed E-state index contributed by atoms with van der Waals surface area (Å²) in [5, 5.41) is 5.98. The first-order valence-electron chi connectivity index (χ1n) is 10.6. The van der Waals surface area contributed by atoms with Crippen molar-refractivity contribution in [2.45, 2.75) is 52.0 Å². The number of furan rings is 1. The SMILES string of the molecule is Cc1ccc(CNC(=O)c2ccc(NC(=O)C3CC3)cc2N2CCCCCC2)o1. The van der Waals surface area contributed by atoms with Gasteiger partial charge in [0.1, 0.15) is 11.5 Å². The number of hydrogen-bond acceptors (Lipinski definition) is 4. The standard InChI is InChI=1S/C23H29N3O3/c1-16-6-10-19(29-16)15-24-23(28)20-11-9-18(25-22(27)17-7-8-17)14-21(20)26-12-4-2-3-5-13-26/h6,9-11,14,17H,2-5,7-8,12-13,15H2,1H3,(H,24,28)(H,25,27). The molecule has 1 saturated carbocycles. The van der Waals surface area contributed by atoms with Gasteiger partial charge in [-0.25, -0.2) is 0 Å². The van der Waals surface area contributed by atoms with Gasteiger partial charge in [-0.05, 0) is 62.9 Å². The lowest BCUT2D eigenvalue weighted by Crippen LogP contribution is -2.29. The number of nitrogens with one attached hydrogen (secondary N) is 2. The molecular formula is C23H29N3O3. The topological polar surface area (TPSA) is 74.6 Å². The van der Waals surface area contributed by atoms with Gasteiger partial charge in [0.05, 0.1) is 17.8 Å². The van der Waals surface area contributed by atoms with Gasteiger partial charge in [-0.2, -0.15) is 0 Å². The summed E-state index contributed by atoms with van der Waals surface area (Å²) in [7, 11) is 0. The second-order valence-corrected chi connectivity index (χ2v) is 8.09. The number of anilines is 2. The minimum absolute atomic E-state index is 0.0807. The van der Waals surface area contributed by atoms with Crippen LogP contribution in [0.4, 0.5) is 11.4 Å². The first-order valence-corrected chi connectivity index (χ1v) is 10.6. The van der Waals surface area contributed by atoms with Crippen molar-refractivity contribution in [3.05, 3.63) is 47.4 Å². The zero-order valence-electron chi connectivity index (χ0n) is 17.0. The summed E-state index contributed by atoms with van der Waals surface area (Å²) in [5.41, 5.74) is 2.30. The Morgan fingerprint density at radius 1 is 1.07 bits per heavy atom. The molecule has 1 aromatic heterocycles. The van der Waals surface area contributed by atoms with Crippen LogP contribution in [0.5, 0.6) is 0 Å². The van der Waals surface area contributed by atoms with E-state index in [-0.39, 0.29) is 17.7 Å². The lowest BCUT2D eigenvalue weighted by molar-refractivity contribution is -0.117. The number of carbonyl (C=O) groups excluding carboxylic acids is 2. The number of aryl methyl sites for hydroxylation is 1. The lowest BCUT2D eigenvalue weighted by atomic mass is 10.1. The molecule has 1 aliphatic carbocycles. The normalized spacial score (nSPS) is 16.9. The molecule has 2 heterocycles. The highest BCUT2D eigenvalue weighted by Gasteiger charge is 2.30. The largest absolute Gasteiger partial charge is 0.465 e. The number of rotatable bonds is 6. The van der Waals surface area contributed by atoms with Crippen molar-refractivity contribution < 1.29 is 14.0 Å². The van der Waals surface area contributed by atoms with Gasteiger partial charge in [0.15, 0.2) is 0 Å². The number of nitrogens with zero attached hydrogens (tertiary/aromatic N) is 1. The summed E-state index contributed by atoms with van der Waals surface area (Å²) in [6, 6.07) is 9.37. The van der Waals surface area contributed by atoms with Crippen molar-refractivity contribution >= 4 is 23.2 Å². The van der Waals surface area contributed by atoms with E-state index in [4.69, 9.17) is 4.42 Å². The van der Waals surface area contributed by atoms with Crippen molar-refractivity contribution in [2.75, 3.05) is 23.3 Å². The Labute approximate surface area is 171 Å². The second kappa shape index (κ2) is 8.72. The average molecular weight is 396 g/mol. The molecule has 2 aromatic rings. The molecule has 0 bridgehead atoms. The van der Waals surface area contributed by atoms with Crippen LogP contribution < -0.4 is 15.5 Å². The van der Waals surface area contributed by atoms with Crippen LogP contribution in [0.1, 0.15) is 60.4 Å². The van der Waals surface area contributed by atoms with Crippen molar-refractivity contribution in [2.24, 2.45) is 5.92 Å². The third-order valence-electron chi connectivity index (χ3n) is 5.62. The third-order valence-corrected chi connectivity index (χ3v) is 5.62. The van der Waals surface area contributed by atoms with E-state index >= 15 is 0 Å². The lowest BCUT2D eigenvalue weighted by Gasteiger charge is -2.26. The Bertz CT molecular complexity index is 877. The van der Waals surface area contributed by atoms with Crippen molar-refractivity contribution in [1.82, 2.24) is 5.32 Å². The van der Waals surface area contributed by atoms with Crippen LogP contribution in [0.2, 0.25) is 0 Å². The van der Waals surface area contributed by atoms with Crippen LogP contribution in [-0.2, 0) is 11.3 Å². The molecule has 4 rings (SSSR count). The van der Waals surface area contributed by atoms with Crippen LogP contribution in [0, 0.1) is 12.8 Å². The molecule has 0 spiro atoms. The molecule has 2 aliphatic rings. The van der Waals surface area contributed by atoms with Crippen LogP contribution in [-0.4, -0.2) is 24.9 Å². The summed E-state index contributed by atoms with van der Waals surface area (Å²) in [4.78, 5) is 27.4. The third kappa shape index (κ3) is 5.00. The summed E-state index contributed by atoms with van der Waals surface area (Å²) in [5.74, 6) is 1.67. The molecular weight excluding hydrogens is 366 g/mol. The smallest absolute Gasteiger partial charge is 0.253 e. The van der Waals surface area contributed by atoms with Crippen LogP contribution in [0.25, 0.3) is 0 Å². The summed E-state index contributed by atoms with van der Waals surface area (Å²) in [6.45, 7) is 4.10. The quantitative estimate of drug-likeness (QED) is 0.767. The second-order valence-electron chi connectivity index (χ2n) is 8.09. The molecule has 2 fully saturated rings. The minimum atomic E-state index is -0.127. The minimum Gasteiger partial charge on any atom is -0.465 e. The predicted octanol–water partition coefficient (Wildman–Crippen LogP) is 4.25. The summed E-state index contributed by atoms with van der Waals surface area (Å²) < 4.78 is 5.55. The molecule has 0 atom stereocenters. The Kier molecular flexibility index (Phi) is 5.88. The van der Waals surface area contributed by atoms with E-state index in [1.54, 1.807) is 0 Å². The average Bonchev–Trinajstić information content (AvgIpc) is 3.52. The molecule has 154 valence electrons. The molecule has 1 saturated heterocycles. The molecule has 6 heteroatoms. The van der Waals surface area contributed by atoms with E-state index < -0.39 is 0 Å². The zero-order valence-corrected chi connectivity index (χ0v) is 17.0. The number of amides is 2. The Morgan fingerprint density at radius 3 is 2.48 bits per heavy atom. The zero-order chi connectivity index (χ0) is 20.2. The molecule has 2 N–H and O–H groups in total. The molecule has 2 amide bonds. The number of benzene rings is 1. The number of hydrogen-bond donors (Lipinski definition) is 2. The van der Waals surface area contributed by atoms with Gasteiger partial charge in [0, 0.05) is 24.7 Å². The van der Waals surface area contributed by atoms with E-state index in [1.165, 1.54) is 12.8 Å². The fourth-order valence-electron chi connectivity index (χ4n) is 3.81. The Balaban J connectivity index is 1.54. The monoisotopic (exact) mass is 395 g/mol. The fraction of sp³-hybridized carbons (Fsp3) is 0.478. The van der Waals surface area contributed by atoms with Gasteiger partial charge < -0.3 is 20.0 Å².